The molecule has 0 aliphatic heterocycles. The highest BCUT2D eigenvalue weighted by molar-refractivity contribution is 5.86. The van der Waals surface area contributed by atoms with Gasteiger partial charge in [0.2, 0.25) is 0 Å². The Kier molecular flexibility index (Phi) is 4.64. The minimum Gasteiger partial charge on any atom is -0.388 e. The third kappa shape index (κ3) is 3.86. The molecule has 0 radical (unpaired) electrons. The van der Waals surface area contributed by atoms with E-state index in [2.05, 4.69) is 17.2 Å². The van der Waals surface area contributed by atoms with E-state index in [4.69, 9.17) is 5.21 Å². The molecule has 0 aromatic heterocycles. The first-order valence-corrected chi connectivity index (χ1v) is 4.66. The number of hydroxylamine groups is 1. The molecule has 1 amide bonds. The monoisotopic (exact) mass is 216 g/mol. The fraction of sp³-hybridized carbons (Fsp3) is 0.0833. The second-order valence-corrected chi connectivity index (χ2v) is 2.91. The van der Waals surface area contributed by atoms with Crippen LogP contribution in [0.25, 0.3) is 0 Å². The minimum atomic E-state index is -0.597. The molecule has 0 unspecified atom stereocenters. The van der Waals surface area contributed by atoms with Crippen molar-refractivity contribution < 1.29 is 10.0 Å². The van der Waals surface area contributed by atoms with E-state index < -0.39 is 5.91 Å². The number of carbonyl (C=O) groups excluding carboxylic acids is 1. The van der Waals surface area contributed by atoms with Crippen LogP contribution in [0.3, 0.4) is 0 Å². The molecule has 4 nitrogen and oxygen atoms in total. The molecule has 0 bridgehead atoms. The molecule has 0 fully saturated rings. The number of benzene rings is 1. The average molecular weight is 216 g/mol. The summed E-state index contributed by atoms with van der Waals surface area (Å²) >= 11 is 0. The van der Waals surface area contributed by atoms with Crippen LogP contribution in [0.2, 0.25) is 0 Å². The van der Waals surface area contributed by atoms with Gasteiger partial charge in [0.1, 0.15) is 0 Å². The van der Waals surface area contributed by atoms with Crippen LogP contribution in [0.4, 0.5) is 5.69 Å². The van der Waals surface area contributed by atoms with Crippen molar-refractivity contribution in [1.29, 1.82) is 0 Å². The van der Waals surface area contributed by atoms with Crippen LogP contribution in [0.5, 0.6) is 0 Å². The van der Waals surface area contributed by atoms with Crippen LogP contribution < -0.4 is 10.8 Å². The maximum absolute atomic E-state index is 10.6. The van der Waals surface area contributed by atoms with E-state index in [-0.39, 0.29) is 0 Å². The summed E-state index contributed by atoms with van der Waals surface area (Å²) in [5, 5.41) is 11.2. The van der Waals surface area contributed by atoms with E-state index in [0.717, 1.165) is 17.3 Å². The molecular formula is C12H12N2O2. The fourth-order valence-corrected chi connectivity index (χ4v) is 1.000. The Labute approximate surface area is 93.9 Å². The molecule has 0 saturated heterocycles. The summed E-state index contributed by atoms with van der Waals surface area (Å²) in [7, 11) is 1.84. The Morgan fingerprint density at radius 3 is 2.62 bits per heavy atom. The highest BCUT2D eigenvalue weighted by Gasteiger charge is 1.88. The largest absolute Gasteiger partial charge is 0.388 e. The predicted molar refractivity (Wildman–Crippen MR) is 61.9 cm³/mol. The quantitative estimate of drug-likeness (QED) is 0.301. The fourth-order valence-electron chi connectivity index (χ4n) is 1.000. The number of allylic oxidation sites excluding steroid dienone is 1. The van der Waals surface area contributed by atoms with Crippen molar-refractivity contribution in [3.05, 3.63) is 42.0 Å². The average Bonchev–Trinajstić information content (AvgIpc) is 2.35. The molecule has 0 atom stereocenters. The predicted octanol–water partition coefficient (Wildman–Crippen LogP) is 1.14. The number of anilines is 1. The zero-order valence-electron chi connectivity index (χ0n) is 8.82. The maximum Gasteiger partial charge on any atom is 0.267 e. The van der Waals surface area contributed by atoms with Gasteiger partial charge in [-0.15, -0.1) is 0 Å². The SMILES string of the molecule is CNc1ccc(C#C/C=C/C(=O)NO)cc1. The highest BCUT2D eigenvalue weighted by atomic mass is 16.5. The summed E-state index contributed by atoms with van der Waals surface area (Å²) in [5.41, 5.74) is 3.35. The zero-order chi connectivity index (χ0) is 11.8. The van der Waals surface area contributed by atoms with Crippen molar-refractivity contribution in [3.8, 4) is 11.8 Å². The van der Waals surface area contributed by atoms with Crippen molar-refractivity contribution in [2.24, 2.45) is 0 Å². The number of rotatable bonds is 2. The number of hydrogen-bond donors (Lipinski definition) is 3. The van der Waals surface area contributed by atoms with E-state index in [0.29, 0.717) is 0 Å². The molecule has 1 aromatic carbocycles. The van der Waals surface area contributed by atoms with Gasteiger partial charge in [-0.05, 0) is 30.3 Å². The highest BCUT2D eigenvalue weighted by Crippen LogP contribution is 2.06. The smallest absolute Gasteiger partial charge is 0.267 e. The van der Waals surface area contributed by atoms with Gasteiger partial charge in [-0.25, -0.2) is 5.48 Å². The van der Waals surface area contributed by atoms with E-state index >= 15 is 0 Å². The maximum atomic E-state index is 10.6. The molecule has 0 heterocycles. The van der Waals surface area contributed by atoms with Crippen LogP contribution in [-0.2, 0) is 4.79 Å². The molecule has 16 heavy (non-hydrogen) atoms. The Morgan fingerprint density at radius 1 is 1.38 bits per heavy atom. The van der Waals surface area contributed by atoms with Gasteiger partial charge in [-0.2, -0.15) is 0 Å². The van der Waals surface area contributed by atoms with Gasteiger partial charge in [-0.3, -0.25) is 10.0 Å². The van der Waals surface area contributed by atoms with Gasteiger partial charge >= 0.3 is 0 Å². The zero-order valence-corrected chi connectivity index (χ0v) is 8.82. The van der Waals surface area contributed by atoms with Crippen LogP contribution in [0.15, 0.2) is 36.4 Å². The molecule has 3 N–H and O–H groups in total. The van der Waals surface area contributed by atoms with E-state index in [1.165, 1.54) is 11.6 Å². The van der Waals surface area contributed by atoms with Gasteiger partial charge < -0.3 is 5.32 Å². The third-order valence-corrected chi connectivity index (χ3v) is 1.82. The van der Waals surface area contributed by atoms with E-state index in [1.54, 1.807) is 0 Å². The van der Waals surface area contributed by atoms with Crippen molar-refractivity contribution in [2.45, 2.75) is 0 Å². The normalized spacial score (nSPS) is 9.38. The number of amides is 1. The summed E-state index contributed by atoms with van der Waals surface area (Å²) in [4.78, 5) is 10.6. The van der Waals surface area contributed by atoms with Crippen molar-refractivity contribution in [3.63, 3.8) is 0 Å². The van der Waals surface area contributed by atoms with Gasteiger partial charge in [-0.1, -0.05) is 11.8 Å². The Balaban J connectivity index is 2.63. The Morgan fingerprint density at radius 2 is 2.06 bits per heavy atom. The molecule has 1 aromatic rings. The molecule has 0 saturated carbocycles. The van der Waals surface area contributed by atoms with E-state index in [1.807, 2.05) is 31.3 Å². The first-order valence-electron chi connectivity index (χ1n) is 4.66. The minimum absolute atomic E-state index is 0.597. The number of carbonyl (C=O) groups is 1. The Hall–Kier alpha value is -2.25. The van der Waals surface area contributed by atoms with Gasteiger partial charge in [0.15, 0.2) is 0 Å². The number of hydrogen-bond acceptors (Lipinski definition) is 3. The van der Waals surface area contributed by atoms with Crippen molar-refractivity contribution >= 4 is 11.6 Å². The second-order valence-electron chi connectivity index (χ2n) is 2.91. The number of nitrogens with one attached hydrogen (secondary N) is 2. The van der Waals surface area contributed by atoms with Crippen LogP contribution in [0, 0.1) is 11.8 Å². The summed E-state index contributed by atoms with van der Waals surface area (Å²) < 4.78 is 0. The van der Waals surface area contributed by atoms with Crippen LogP contribution in [-0.4, -0.2) is 18.2 Å². The molecular weight excluding hydrogens is 204 g/mol. The van der Waals surface area contributed by atoms with Gasteiger partial charge in [0.05, 0.1) is 0 Å². The summed E-state index contributed by atoms with van der Waals surface area (Å²) in [5.74, 6) is 4.93. The molecule has 0 aliphatic carbocycles. The molecule has 4 heteroatoms. The topological polar surface area (TPSA) is 61.4 Å². The molecule has 82 valence electrons. The third-order valence-electron chi connectivity index (χ3n) is 1.82. The first-order chi connectivity index (χ1) is 7.76. The van der Waals surface area contributed by atoms with Gasteiger partial charge in [0.25, 0.3) is 5.91 Å². The van der Waals surface area contributed by atoms with Crippen molar-refractivity contribution in [2.75, 3.05) is 12.4 Å². The van der Waals surface area contributed by atoms with Crippen LogP contribution in [0.1, 0.15) is 5.56 Å². The molecule has 1 rings (SSSR count). The van der Waals surface area contributed by atoms with Gasteiger partial charge in [0, 0.05) is 24.4 Å². The lowest BCUT2D eigenvalue weighted by molar-refractivity contribution is -0.124. The molecule has 0 spiro atoms. The lowest BCUT2D eigenvalue weighted by Crippen LogP contribution is -2.14. The first kappa shape index (κ1) is 11.8. The summed E-state index contributed by atoms with van der Waals surface area (Å²) in [6, 6.07) is 7.57. The lowest BCUT2D eigenvalue weighted by Gasteiger charge is -1.97. The van der Waals surface area contributed by atoms with E-state index in [9.17, 15) is 4.79 Å². The second kappa shape index (κ2) is 6.27. The Bertz CT molecular complexity index is 438. The summed E-state index contributed by atoms with van der Waals surface area (Å²) in [6.45, 7) is 0. The lowest BCUT2D eigenvalue weighted by atomic mass is 10.2. The van der Waals surface area contributed by atoms with Crippen LogP contribution >= 0.6 is 0 Å². The van der Waals surface area contributed by atoms with Crippen molar-refractivity contribution in [1.82, 2.24) is 5.48 Å². The summed E-state index contributed by atoms with van der Waals surface area (Å²) in [6.07, 6.45) is 2.52. The molecule has 0 aliphatic rings. The standard InChI is InChI=1S/C12H12N2O2/c1-13-11-8-6-10(7-9-11)4-2-3-5-12(15)14-16/h3,5-9,13,16H,1H3,(H,14,15)/b5-3+.